The van der Waals surface area contributed by atoms with Gasteiger partial charge in [-0.25, -0.2) is 4.79 Å². The number of carbonyl (C=O) groups excluding carboxylic acids is 1. The van der Waals surface area contributed by atoms with E-state index in [0.717, 1.165) is 0 Å². The van der Waals surface area contributed by atoms with Crippen LogP contribution in [-0.2, 0) is 4.74 Å². The van der Waals surface area contributed by atoms with Gasteiger partial charge in [0, 0.05) is 26.2 Å². The third-order valence-corrected chi connectivity index (χ3v) is 1.45. The topological polar surface area (TPSA) is 81.6 Å². The van der Waals surface area contributed by atoms with Crippen molar-refractivity contribution in [2.75, 3.05) is 26.2 Å². The van der Waals surface area contributed by atoms with Gasteiger partial charge in [0.2, 0.25) is 0 Å². The Morgan fingerprint density at radius 2 is 1.64 bits per heavy atom. The molecule has 5 nitrogen and oxygen atoms in total. The van der Waals surface area contributed by atoms with Gasteiger partial charge >= 0.3 is 6.09 Å². The van der Waals surface area contributed by atoms with Crippen molar-refractivity contribution in [3.05, 3.63) is 0 Å². The molecule has 0 rings (SSSR count). The highest BCUT2D eigenvalue weighted by atomic mass is 16.6. The lowest BCUT2D eigenvalue weighted by Crippen LogP contribution is -2.42. The first kappa shape index (κ1) is 13.2. The Morgan fingerprint density at radius 3 is 1.93 bits per heavy atom. The molecule has 0 heterocycles. The number of hydrogen-bond donors (Lipinski definition) is 2. The molecule has 0 atom stereocenters. The Labute approximate surface area is 85.4 Å². The predicted molar refractivity (Wildman–Crippen MR) is 55.9 cm³/mol. The second-order valence-corrected chi connectivity index (χ2v) is 4.04. The molecule has 0 aromatic heterocycles. The summed E-state index contributed by atoms with van der Waals surface area (Å²) in [6, 6.07) is 0. The number of amides is 1. The molecule has 5 heteroatoms. The molecule has 0 bridgehead atoms. The first-order chi connectivity index (χ1) is 6.40. The summed E-state index contributed by atoms with van der Waals surface area (Å²) in [5.41, 5.74) is 10.3. The molecule has 0 aromatic rings. The van der Waals surface area contributed by atoms with Crippen LogP contribution in [0.15, 0.2) is 0 Å². The monoisotopic (exact) mass is 203 g/mol. The molecule has 0 aromatic carbocycles. The van der Waals surface area contributed by atoms with Gasteiger partial charge in [0.15, 0.2) is 0 Å². The van der Waals surface area contributed by atoms with Crippen molar-refractivity contribution in [3.63, 3.8) is 0 Å². The van der Waals surface area contributed by atoms with Crippen LogP contribution in [0.5, 0.6) is 0 Å². The van der Waals surface area contributed by atoms with Crippen molar-refractivity contribution in [2.45, 2.75) is 26.4 Å². The molecule has 84 valence electrons. The number of hydrogen-bond acceptors (Lipinski definition) is 4. The van der Waals surface area contributed by atoms with E-state index in [1.807, 2.05) is 20.8 Å². The summed E-state index contributed by atoms with van der Waals surface area (Å²) in [7, 11) is 0. The number of rotatable bonds is 4. The maximum atomic E-state index is 11.5. The summed E-state index contributed by atoms with van der Waals surface area (Å²) < 4.78 is 5.18. The highest BCUT2D eigenvalue weighted by Crippen LogP contribution is 2.09. The fourth-order valence-corrected chi connectivity index (χ4v) is 0.933. The average molecular weight is 203 g/mol. The van der Waals surface area contributed by atoms with E-state index >= 15 is 0 Å². The van der Waals surface area contributed by atoms with Crippen LogP contribution < -0.4 is 11.5 Å². The first-order valence-corrected chi connectivity index (χ1v) is 4.78. The van der Waals surface area contributed by atoms with Crippen LogP contribution in [0.4, 0.5) is 4.79 Å². The Hall–Kier alpha value is -0.810. The summed E-state index contributed by atoms with van der Waals surface area (Å²) >= 11 is 0. The van der Waals surface area contributed by atoms with E-state index in [0.29, 0.717) is 26.2 Å². The third-order valence-electron chi connectivity index (χ3n) is 1.45. The summed E-state index contributed by atoms with van der Waals surface area (Å²) in [5, 5.41) is 0. The van der Waals surface area contributed by atoms with E-state index in [4.69, 9.17) is 16.2 Å². The van der Waals surface area contributed by atoms with Crippen LogP contribution in [0, 0.1) is 0 Å². The van der Waals surface area contributed by atoms with Crippen LogP contribution in [0.2, 0.25) is 0 Å². The Morgan fingerprint density at radius 1 is 1.21 bits per heavy atom. The number of nitrogens with two attached hydrogens (primary N) is 2. The van der Waals surface area contributed by atoms with Gasteiger partial charge in [0.25, 0.3) is 0 Å². The molecule has 0 fully saturated rings. The molecule has 1 amide bonds. The Bertz CT molecular complexity index is 171. The minimum Gasteiger partial charge on any atom is -0.444 e. The highest BCUT2D eigenvalue weighted by Gasteiger charge is 2.20. The summed E-state index contributed by atoms with van der Waals surface area (Å²) in [6.45, 7) is 7.27. The molecular weight excluding hydrogens is 182 g/mol. The fraction of sp³-hybridized carbons (Fsp3) is 0.889. The highest BCUT2D eigenvalue weighted by molar-refractivity contribution is 5.68. The van der Waals surface area contributed by atoms with Gasteiger partial charge in [0.1, 0.15) is 5.60 Å². The van der Waals surface area contributed by atoms with Crippen LogP contribution in [0.1, 0.15) is 20.8 Å². The van der Waals surface area contributed by atoms with Crippen LogP contribution in [0.3, 0.4) is 0 Å². The molecule has 0 saturated heterocycles. The smallest absolute Gasteiger partial charge is 0.410 e. The van der Waals surface area contributed by atoms with E-state index in [9.17, 15) is 4.79 Å². The maximum Gasteiger partial charge on any atom is 0.410 e. The molecule has 0 saturated carbocycles. The summed E-state index contributed by atoms with van der Waals surface area (Å²) in [5.74, 6) is 0. The van der Waals surface area contributed by atoms with Gasteiger partial charge in [-0.3, -0.25) is 0 Å². The minimum absolute atomic E-state index is 0.353. The number of nitrogens with zero attached hydrogens (tertiary/aromatic N) is 1. The molecule has 0 aliphatic heterocycles. The van der Waals surface area contributed by atoms with Gasteiger partial charge in [-0.05, 0) is 20.8 Å². The minimum atomic E-state index is -0.474. The maximum absolute atomic E-state index is 11.5. The van der Waals surface area contributed by atoms with Crippen molar-refractivity contribution < 1.29 is 9.53 Å². The lowest BCUT2D eigenvalue weighted by atomic mass is 10.2. The second kappa shape index (κ2) is 5.82. The first-order valence-electron chi connectivity index (χ1n) is 4.78. The zero-order valence-corrected chi connectivity index (χ0v) is 9.25. The van der Waals surface area contributed by atoms with Gasteiger partial charge in [-0.1, -0.05) is 0 Å². The lowest BCUT2D eigenvalue weighted by Gasteiger charge is -2.26. The molecular formula is C9H21N3O2. The standard InChI is InChI=1S/C9H21N3O2/c1-9(2,3)14-8(13)12(6-4-10)7-5-11/h4-7,10-11H2,1-3H3. The van der Waals surface area contributed by atoms with Crippen LogP contribution in [0.25, 0.3) is 0 Å². The van der Waals surface area contributed by atoms with E-state index in [-0.39, 0.29) is 6.09 Å². The zero-order chi connectivity index (χ0) is 11.2. The molecule has 0 radical (unpaired) electrons. The van der Waals surface area contributed by atoms with Crippen molar-refractivity contribution in [3.8, 4) is 0 Å². The normalized spacial score (nSPS) is 11.2. The van der Waals surface area contributed by atoms with Gasteiger partial charge in [-0.15, -0.1) is 0 Å². The molecule has 4 N–H and O–H groups in total. The van der Waals surface area contributed by atoms with Crippen molar-refractivity contribution in [2.24, 2.45) is 11.5 Å². The van der Waals surface area contributed by atoms with E-state index in [2.05, 4.69) is 0 Å². The van der Waals surface area contributed by atoms with E-state index in [1.54, 1.807) is 0 Å². The SMILES string of the molecule is CC(C)(C)OC(=O)N(CCN)CCN. The van der Waals surface area contributed by atoms with E-state index < -0.39 is 5.60 Å². The van der Waals surface area contributed by atoms with Gasteiger partial charge < -0.3 is 21.1 Å². The number of carbonyl (C=O) groups is 1. The van der Waals surface area contributed by atoms with Crippen molar-refractivity contribution in [1.82, 2.24) is 4.90 Å². The largest absolute Gasteiger partial charge is 0.444 e. The quantitative estimate of drug-likeness (QED) is 0.681. The Kier molecular flexibility index (Phi) is 5.49. The van der Waals surface area contributed by atoms with E-state index in [1.165, 1.54) is 4.90 Å². The summed E-state index contributed by atoms with van der Waals surface area (Å²) in [4.78, 5) is 13.1. The molecule has 0 spiro atoms. The second-order valence-electron chi connectivity index (χ2n) is 4.04. The molecule has 0 aliphatic carbocycles. The molecule has 14 heavy (non-hydrogen) atoms. The Balaban J connectivity index is 4.14. The molecule has 0 aliphatic rings. The summed E-state index contributed by atoms with van der Waals surface area (Å²) in [6.07, 6.45) is -0.353. The third kappa shape index (κ3) is 5.77. The predicted octanol–water partition coefficient (Wildman–Crippen LogP) is 0.141. The van der Waals surface area contributed by atoms with Crippen molar-refractivity contribution in [1.29, 1.82) is 0 Å². The van der Waals surface area contributed by atoms with Gasteiger partial charge in [0.05, 0.1) is 0 Å². The van der Waals surface area contributed by atoms with Crippen LogP contribution >= 0.6 is 0 Å². The van der Waals surface area contributed by atoms with Gasteiger partial charge in [-0.2, -0.15) is 0 Å². The zero-order valence-electron chi connectivity index (χ0n) is 9.25. The number of ether oxygens (including phenoxy) is 1. The lowest BCUT2D eigenvalue weighted by molar-refractivity contribution is 0.0261. The molecule has 0 unspecified atom stereocenters. The van der Waals surface area contributed by atoms with Crippen LogP contribution in [-0.4, -0.2) is 42.8 Å². The van der Waals surface area contributed by atoms with Crippen molar-refractivity contribution >= 4 is 6.09 Å². The average Bonchev–Trinajstić information content (AvgIpc) is 2.01. The fourth-order valence-electron chi connectivity index (χ4n) is 0.933.